The van der Waals surface area contributed by atoms with Gasteiger partial charge >= 0.3 is 5.69 Å². The molecule has 1 unspecified atom stereocenters. The zero-order valence-corrected chi connectivity index (χ0v) is 20.2. The molecule has 10 nitrogen and oxygen atoms in total. The predicted octanol–water partition coefficient (Wildman–Crippen LogP) is 2.90. The van der Waals surface area contributed by atoms with Crippen molar-refractivity contribution in [1.82, 2.24) is 19.2 Å². The van der Waals surface area contributed by atoms with Gasteiger partial charge in [-0.15, -0.1) is 16.4 Å². The average molecular weight is 484 g/mol. The van der Waals surface area contributed by atoms with Crippen molar-refractivity contribution in [3.63, 3.8) is 0 Å². The van der Waals surface area contributed by atoms with Crippen LogP contribution >= 0.6 is 11.3 Å². The van der Waals surface area contributed by atoms with Crippen molar-refractivity contribution in [2.75, 3.05) is 26.6 Å². The minimum atomic E-state index is -0.412. The Bertz CT molecular complexity index is 1450. The molecule has 3 heterocycles. The van der Waals surface area contributed by atoms with E-state index in [1.54, 1.807) is 23.5 Å². The fourth-order valence-corrected chi connectivity index (χ4v) is 5.80. The molecule has 0 bridgehead atoms. The number of nitrogens with one attached hydrogen (secondary N) is 1. The van der Waals surface area contributed by atoms with Crippen LogP contribution in [-0.4, -0.2) is 46.4 Å². The molecule has 0 radical (unpaired) electrons. The Labute approximate surface area is 199 Å². The van der Waals surface area contributed by atoms with Crippen LogP contribution in [0.3, 0.4) is 0 Å². The van der Waals surface area contributed by atoms with Crippen molar-refractivity contribution < 1.29 is 19.0 Å². The van der Waals surface area contributed by atoms with E-state index in [2.05, 4.69) is 22.3 Å². The van der Waals surface area contributed by atoms with Crippen LogP contribution in [0.1, 0.15) is 23.8 Å². The average Bonchev–Trinajstić information content (AvgIpc) is 3.34. The minimum absolute atomic E-state index is 0.248. The number of amides is 1. The van der Waals surface area contributed by atoms with Gasteiger partial charge in [-0.05, 0) is 30.7 Å². The summed E-state index contributed by atoms with van der Waals surface area (Å²) in [6.07, 6.45) is 4.55. The Kier molecular flexibility index (Phi) is 5.64. The van der Waals surface area contributed by atoms with Gasteiger partial charge in [0, 0.05) is 22.7 Å². The third kappa shape index (κ3) is 3.65. The van der Waals surface area contributed by atoms with Crippen LogP contribution in [0, 0.1) is 5.92 Å². The van der Waals surface area contributed by atoms with Crippen molar-refractivity contribution in [1.29, 1.82) is 0 Å². The maximum absolute atomic E-state index is 13.0. The summed E-state index contributed by atoms with van der Waals surface area (Å²) < 4.78 is 18.6. The quantitative estimate of drug-likeness (QED) is 0.449. The first-order chi connectivity index (χ1) is 16.4. The van der Waals surface area contributed by atoms with E-state index in [9.17, 15) is 9.59 Å². The van der Waals surface area contributed by atoms with Crippen molar-refractivity contribution in [3.8, 4) is 17.2 Å². The molecule has 0 aliphatic heterocycles. The van der Waals surface area contributed by atoms with Crippen LogP contribution in [0.2, 0.25) is 0 Å². The topological polar surface area (TPSA) is 109 Å². The molecule has 34 heavy (non-hydrogen) atoms. The molecule has 5 rings (SSSR count). The summed E-state index contributed by atoms with van der Waals surface area (Å²) in [6, 6.07) is 3.25. The molecule has 1 amide bonds. The molecule has 1 aliphatic carbocycles. The Morgan fingerprint density at radius 2 is 1.94 bits per heavy atom. The molecular weight excluding hydrogens is 458 g/mol. The fraction of sp³-hybridized carbons (Fsp3) is 0.391. The number of ether oxygens (including phenoxy) is 3. The number of carbonyl (C=O) groups excluding carboxylic acids is 1. The number of fused-ring (bicyclic) bond motifs is 5. The number of hydrogen-bond donors (Lipinski definition) is 1. The number of nitrogens with zero attached hydrogens (tertiary/aromatic N) is 4. The van der Waals surface area contributed by atoms with Crippen molar-refractivity contribution in [2.24, 2.45) is 5.92 Å². The Balaban J connectivity index is 1.46. The second kappa shape index (κ2) is 8.64. The smallest absolute Gasteiger partial charge is 0.352 e. The van der Waals surface area contributed by atoms with E-state index in [4.69, 9.17) is 14.2 Å². The standard InChI is InChI=1S/C23H25N5O5S/c1-12-5-6-14-17(7-12)34-22-19(14)21-26-28(23(30)27(21)11-24-22)10-18(29)25-13-8-15(31-2)20(33-4)16(9-13)32-3/h8-9,11-12H,5-7,10H2,1-4H3,(H,25,29). The number of methoxy groups -OCH3 is 3. The van der Waals surface area contributed by atoms with Crippen LogP contribution in [0.5, 0.6) is 17.2 Å². The third-order valence-electron chi connectivity index (χ3n) is 6.12. The second-order valence-corrected chi connectivity index (χ2v) is 9.46. The Morgan fingerprint density at radius 1 is 1.21 bits per heavy atom. The maximum atomic E-state index is 13.0. The summed E-state index contributed by atoms with van der Waals surface area (Å²) >= 11 is 1.67. The molecule has 4 aromatic rings. The Morgan fingerprint density at radius 3 is 2.62 bits per heavy atom. The zero-order chi connectivity index (χ0) is 24.0. The van der Waals surface area contributed by atoms with E-state index in [0.29, 0.717) is 34.5 Å². The van der Waals surface area contributed by atoms with Crippen molar-refractivity contribution >= 4 is 38.8 Å². The lowest BCUT2D eigenvalue weighted by atomic mass is 9.89. The zero-order valence-electron chi connectivity index (χ0n) is 19.4. The van der Waals surface area contributed by atoms with Crippen LogP contribution in [-0.2, 0) is 24.2 Å². The number of thiophene rings is 1. The lowest BCUT2D eigenvalue weighted by molar-refractivity contribution is -0.117. The Hall–Kier alpha value is -3.60. The van der Waals surface area contributed by atoms with Crippen molar-refractivity contribution in [2.45, 2.75) is 32.7 Å². The second-order valence-electron chi connectivity index (χ2n) is 8.37. The van der Waals surface area contributed by atoms with Gasteiger partial charge in [0.05, 0.1) is 26.7 Å². The van der Waals surface area contributed by atoms with Gasteiger partial charge in [0.1, 0.15) is 17.7 Å². The highest BCUT2D eigenvalue weighted by Gasteiger charge is 2.24. The van der Waals surface area contributed by atoms with Crippen LogP contribution in [0.25, 0.3) is 15.9 Å². The van der Waals surface area contributed by atoms with E-state index in [-0.39, 0.29) is 6.54 Å². The molecule has 0 saturated carbocycles. The number of benzene rings is 1. The van der Waals surface area contributed by atoms with E-state index >= 15 is 0 Å². The van der Waals surface area contributed by atoms with Gasteiger partial charge in [0.15, 0.2) is 17.1 Å². The number of aryl methyl sites for hydroxylation is 1. The summed E-state index contributed by atoms with van der Waals surface area (Å²) in [4.78, 5) is 32.5. The van der Waals surface area contributed by atoms with E-state index in [1.807, 2.05) is 0 Å². The largest absolute Gasteiger partial charge is 0.493 e. The summed E-state index contributed by atoms with van der Waals surface area (Å²) in [5, 5.41) is 8.22. The van der Waals surface area contributed by atoms with Gasteiger partial charge in [0.25, 0.3) is 0 Å². The molecule has 3 aromatic heterocycles. The highest BCUT2D eigenvalue weighted by atomic mass is 32.1. The molecule has 1 atom stereocenters. The summed E-state index contributed by atoms with van der Waals surface area (Å²) in [6.45, 7) is 2.00. The van der Waals surface area contributed by atoms with E-state index in [0.717, 1.165) is 29.5 Å². The number of rotatable bonds is 6. The van der Waals surface area contributed by atoms with Crippen molar-refractivity contribution in [3.05, 3.63) is 39.4 Å². The monoisotopic (exact) mass is 483 g/mol. The van der Waals surface area contributed by atoms with E-state index < -0.39 is 11.6 Å². The van der Waals surface area contributed by atoms with E-state index in [1.165, 1.54) is 47.2 Å². The highest BCUT2D eigenvalue weighted by molar-refractivity contribution is 7.19. The summed E-state index contributed by atoms with van der Waals surface area (Å²) in [7, 11) is 4.50. The molecule has 1 aromatic carbocycles. The third-order valence-corrected chi connectivity index (χ3v) is 7.28. The van der Waals surface area contributed by atoms with Crippen LogP contribution in [0.4, 0.5) is 5.69 Å². The van der Waals surface area contributed by atoms with Gasteiger partial charge in [-0.2, -0.15) is 0 Å². The minimum Gasteiger partial charge on any atom is -0.493 e. The first-order valence-electron chi connectivity index (χ1n) is 10.9. The number of hydrogen-bond acceptors (Lipinski definition) is 8. The van der Waals surface area contributed by atoms with Gasteiger partial charge < -0.3 is 19.5 Å². The van der Waals surface area contributed by atoms with Crippen LogP contribution < -0.4 is 25.2 Å². The van der Waals surface area contributed by atoms with Gasteiger partial charge in [0.2, 0.25) is 11.7 Å². The maximum Gasteiger partial charge on any atom is 0.352 e. The summed E-state index contributed by atoms with van der Waals surface area (Å²) in [5.74, 6) is 1.46. The number of anilines is 1. The number of carbonyl (C=O) groups is 1. The first-order valence-corrected chi connectivity index (χ1v) is 11.7. The molecular formula is C23H25N5O5S. The summed E-state index contributed by atoms with van der Waals surface area (Å²) in [5.41, 5.74) is 1.81. The van der Waals surface area contributed by atoms with Gasteiger partial charge in [-0.3, -0.25) is 4.79 Å². The normalized spacial score (nSPS) is 15.4. The number of aromatic nitrogens is 4. The van der Waals surface area contributed by atoms with Gasteiger partial charge in [-0.25, -0.2) is 18.9 Å². The SMILES string of the molecule is COc1cc(NC(=O)Cn2nc3c4c5c(sc4ncn3c2=O)CC(C)CC5)cc(OC)c1OC. The molecule has 1 aliphatic rings. The molecule has 0 saturated heterocycles. The van der Waals surface area contributed by atoms with Gasteiger partial charge in [-0.1, -0.05) is 6.92 Å². The molecule has 178 valence electrons. The lowest BCUT2D eigenvalue weighted by Crippen LogP contribution is -2.28. The lowest BCUT2D eigenvalue weighted by Gasteiger charge is -2.17. The van der Waals surface area contributed by atoms with Crippen LogP contribution in [0.15, 0.2) is 23.3 Å². The molecule has 1 N–H and O–H groups in total. The molecule has 0 spiro atoms. The predicted molar refractivity (Wildman–Crippen MR) is 129 cm³/mol. The molecule has 11 heteroatoms. The highest BCUT2D eigenvalue weighted by Crippen LogP contribution is 2.40. The first kappa shape index (κ1) is 22.2. The molecule has 0 fully saturated rings. The fourth-order valence-electron chi connectivity index (χ4n) is 4.46.